The Balaban J connectivity index is 2.29. The van der Waals surface area contributed by atoms with Gasteiger partial charge < -0.3 is 16.0 Å². The normalized spacial score (nSPS) is 24.3. The average molecular weight is 320 g/mol. The molecule has 1 rings (SSSR count). The van der Waals surface area contributed by atoms with E-state index in [0.29, 0.717) is 4.95 Å². The van der Waals surface area contributed by atoms with Crippen molar-refractivity contribution in [2.45, 2.75) is 24.2 Å². The summed E-state index contributed by atoms with van der Waals surface area (Å²) in [6.45, 7) is 12.7. The number of hydrogen-bond donors (Lipinski definition) is 3. The van der Waals surface area contributed by atoms with Gasteiger partial charge in [-0.15, -0.1) is 0 Å². The summed E-state index contributed by atoms with van der Waals surface area (Å²) in [4.78, 5) is 2.89. The number of hydrogen-bond acceptors (Lipinski definition) is 4. The zero-order valence-corrected chi connectivity index (χ0v) is 13.0. The van der Waals surface area contributed by atoms with Crippen molar-refractivity contribution in [3.63, 3.8) is 0 Å². The summed E-state index contributed by atoms with van der Waals surface area (Å²) in [7, 11) is 0. The van der Waals surface area contributed by atoms with E-state index in [1.165, 1.54) is 12.8 Å². The fraction of sp³-hybridized carbons (Fsp3) is 0.923. The molecule has 0 aromatic rings. The summed E-state index contributed by atoms with van der Waals surface area (Å²) in [6.07, 6.45) is 3.31. The highest BCUT2D eigenvalue weighted by Crippen LogP contribution is 2.10. The predicted molar refractivity (Wildman–Crippen MR) is 82.1 cm³/mol. The fourth-order valence-electron chi connectivity index (χ4n) is 2.09. The molecule has 3 N–H and O–H groups in total. The molecular formula is C13H28BrN4. The molecule has 0 bridgehead atoms. The predicted octanol–water partition coefficient (Wildman–Crippen LogP) is 0.796. The maximum Gasteiger partial charge on any atom is 0.0656 e. The molecule has 0 aliphatic carbocycles. The molecule has 107 valence electrons. The van der Waals surface area contributed by atoms with Crippen LogP contribution in [0, 0.1) is 6.92 Å². The number of nitrogens with one attached hydrogen (secondary N) is 3. The Hall–Kier alpha value is 0.320. The van der Waals surface area contributed by atoms with Gasteiger partial charge in [-0.05, 0) is 38.9 Å². The van der Waals surface area contributed by atoms with Crippen LogP contribution < -0.4 is 16.0 Å². The first kappa shape index (κ1) is 16.4. The molecule has 0 saturated carbocycles. The smallest absolute Gasteiger partial charge is 0.0656 e. The summed E-state index contributed by atoms with van der Waals surface area (Å²) in [5, 5.41) is 10.4. The van der Waals surface area contributed by atoms with E-state index < -0.39 is 0 Å². The van der Waals surface area contributed by atoms with Gasteiger partial charge in [0.05, 0.1) is 4.95 Å². The van der Waals surface area contributed by atoms with Gasteiger partial charge in [0.2, 0.25) is 0 Å². The first-order valence-electron chi connectivity index (χ1n) is 7.14. The monoisotopic (exact) mass is 319 g/mol. The molecule has 0 aromatic carbocycles. The Morgan fingerprint density at radius 3 is 2.17 bits per heavy atom. The van der Waals surface area contributed by atoms with Crippen LogP contribution in [0.25, 0.3) is 0 Å². The SMILES string of the molecule is [CH2]CC(Br)N1CCCNCCNCCCNCC1. The largest absolute Gasteiger partial charge is 0.315 e. The molecule has 1 atom stereocenters. The molecule has 1 saturated heterocycles. The van der Waals surface area contributed by atoms with E-state index in [0.717, 1.165) is 58.8 Å². The van der Waals surface area contributed by atoms with Crippen LogP contribution in [0.4, 0.5) is 0 Å². The zero-order chi connectivity index (χ0) is 13.1. The quantitative estimate of drug-likeness (QED) is 0.520. The van der Waals surface area contributed by atoms with Gasteiger partial charge in [-0.1, -0.05) is 22.9 Å². The highest BCUT2D eigenvalue weighted by Gasteiger charge is 2.12. The van der Waals surface area contributed by atoms with E-state index in [-0.39, 0.29) is 0 Å². The minimum atomic E-state index is 0.411. The van der Waals surface area contributed by atoms with E-state index >= 15 is 0 Å². The Morgan fingerprint density at radius 1 is 0.889 bits per heavy atom. The second kappa shape index (κ2) is 11.2. The van der Waals surface area contributed by atoms with Gasteiger partial charge in [0.15, 0.2) is 0 Å². The van der Waals surface area contributed by atoms with Gasteiger partial charge in [-0.25, -0.2) is 0 Å². The van der Waals surface area contributed by atoms with Crippen molar-refractivity contribution < 1.29 is 0 Å². The van der Waals surface area contributed by atoms with Gasteiger partial charge in [0, 0.05) is 32.7 Å². The Kier molecular flexibility index (Phi) is 10.2. The molecule has 1 aliphatic heterocycles. The average Bonchev–Trinajstić information content (AvgIpc) is 2.40. The molecule has 5 heteroatoms. The lowest BCUT2D eigenvalue weighted by Crippen LogP contribution is -2.39. The van der Waals surface area contributed by atoms with Crippen molar-refractivity contribution in [1.82, 2.24) is 20.9 Å². The van der Waals surface area contributed by atoms with Gasteiger partial charge in [-0.3, -0.25) is 4.90 Å². The van der Waals surface area contributed by atoms with Gasteiger partial charge >= 0.3 is 0 Å². The van der Waals surface area contributed by atoms with Crippen molar-refractivity contribution in [3.05, 3.63) is 6.92 Å². The molecule has 0 amide bonds. The summed E-state index contributed by atoms with van der Waals surface area (Å²) in [5.41, 5.74) is 0. The lowest BCUT2D eigenvalue weighted by molar-refractivity contribution is 0.255. The van der Waals surface area contributed by atoms with Crippen molar-refractivity contribution in [2.75, 3.05) is 52.4 Å². The third-order valence-corrected chi connectivity index (χ3v) is 4.23. The van der Waals surface area contributed by atoms with Crippen LogP contribution in [0.3, 0.4) is 0 Å². The van der Waals surface area contributed by atoms with Crippen molar-refractivity contribution in [3.8, 4) is 0 Å². The van der Waals surface area contributed by atoms with Crippen LogP contribution in [0.2, 0.25) is 0 Å². The Morgan fingerprint density at radius 2 is 1.50 bits per heavy atom. The number of nitrogens with zero attached hydrogens (tertiary/aromatic N) is 1. The van der Waals surface area contributed by atoms with Crippen LogP contribution >= 0.6 is 15.9 Å². The second-order valence-corrected chi connectivity index (χ2v) is 5.77. The van der Waals surface area contributed by atoms with E-state index in [4.69, 9.17) is 0 Å². The summed E-state index contributed by atoms with van der Waals surface area (Å²) < 4.78 is 0. The number of halogens is 1. The van der Waals surface area contributed by atoms with Crippen LogP contribution in [0.1, 0.15) is 19.3 Å². The maximum absolute atomic E-state index is 3.98. The third-order valence-electron chi connectivity index (χ3n) is 3.19. The standard InChI is InChI=1S/C13H28BrN4/c1-2-13(14)18-11-4-7-16-9-8-15-5-3-6-17-10-12-18/h13,15-17H,1-12H2. The molecule has 1 aliphatic rings. The molecule has 4 nitrogen and oxygen atoms in total. The molecular weight excluding hydrogens is 292 g/mol. The fourth-order valence-corrected chi connectivity index (χ4v) is 2.50. The van der Waals surface area contributed by atoms with Gasteiger partial charge in [-0.2, -0.15) is 0 Å². The van der Waals surface area contributed by atoms with Crippen LogP contribution in [-0.4, -0.2) is 62.2 Å². The van der Waals surface area contributed by atoms with E-state index in [1.54, 1.807) is 0 Å². The molecule has 1 fully saturated rings. The second-order valence-electron chi connectivity index (χ2n) is 4.72. The Labute approximate surface area is 120 Å². The van der Waals surface area contributed by atoms with Crippen LogP contribution in [0.5, 0.6) is 0 Å². The van der Waals surface area contributed by atoms with Crippen molar-refractivity contribution in [2.24, 2.45) is 0 Å². The van der Waals surface area contributed by atoms with Crippen molar-refractivity contribution in [1.29, 1.82) is 0 Å². The molecule has 1 radical (unpaired) electrons. The molecule has 0 aromatic heterocycles. The lowest BCUT2D eigenvalue weighted by atomic mass is 10.3. The summed E-state index contributed by atoms with van der Waals surface area (Å²) in [5.74, 6) is 0. The van der Waals surface area contributed by atoms with E-state index in [2.05, 4.69) is 43.7 Å². The molecule has 0 spiro atoms. The number of alkyl halides is 1. The third kappa shape index (κ3) is 7.69. The van der Waals surface area contributed by atoms with Crippen LogP contribution in [0.15, 0.2) is 0 Å². The minimum absolute atomic E-state index is 0.411. The zero-order valence-electron chi connectivity index (χ0n) is 11.4. The summed E-state index contributed by atoms with van der Waals surface area (Å²) in [6, 6.07) is 0. The Bertz CT molecular complexity index is 178. The first-order valence-corrected chi connectivity index (χ1v) is 8.05. The maximum atomic E-state index is 3.98. The van der Waals surface area contributed by atoms with Gasteiger partial charge in [0.1, 0.15) is 0 Å². The van der Waals surface area contributed by atoms with Crippen LogP contribution in [-0.2, 0) is 0 Å². The highest BCUT2D eigenvalue weighted by atomic mass is 79.9. The van der Waals surface area contributed by atoms with Crippen molar-refractivity contribution >= 4 is 15.9 Å². The van der Waals surface area contributed by atoms with Gasteiger partial charge in [0.25, 0.3) is 0 Å². The van der Waals surface area contributed by atoms with E-state index in [9.17, 15) is 0 Å². The minimum Gasteiger partial charge on any atom is -0.315 e. The molecule has 18 heavy (non-hydrogen) atoms. The number of rotatable bonds is 2. The summed E-state index contributed by atoms with van der Waals surface area (Å²) >= 11 is 3.71. The first-order chi connectivity index (χ1) is 8.84. The molecule has 1 heterocycles. The van der Waals surface area contributed by atoms with E-state index in [1.807, 2.05) is 0 Å². The lowest BCUT2D eigenvalue weighted by Gasteiger charge is -2.27. The highest BCUT2D eigenvalue weighted by molar-refractivity contribution is 9.09. The topological polar surface area (TPSA) is 39.3 Å². The molecule has 1 unspecified atom stereocenters.